The number of hydrogen-bond donors (Lipinski definition) is 0. The summed E-state index contributed by atoms with van der Waals surface area (Å²) in [6.07, 6.45) is -4.35. The van der Waals surface area contributed by atoms with Crippen LogP contribution in [0.15, 0.2) is 36.4 Å². The van der Waals surface area contributed by atoms with Gasteiger partial charge in [0.05, 0.1) is 5.56 Å². The maximum Gasteiger partial charge on any atom is 0.416 e. The molecule has 2 rings (SSSR count). The third-order valence-electron chi connectivity index (χ3n) is 2.26. The lowest BCUT2D eigenvalue weighted by Gasteiger charge is -2.08. The topological polar surface area (TPSA) is 35.0 Å². The highest BCUT2D eigenvalue weighted by molar-refractivity contribution is 6.29. The molecule has 0 amide bonds. The zero-order valence-electron chi connectivity index (χ0n) is 9.49. The highest BCUT2D eigenvalue weighted by Crippen LogP contribution is 2.30. The monoisotopic (exact) mass is 288 g/mol. The minimum Gasteiger partial charge on any atom is -0.487 e. The van der Waals surface area contributed by atoms with Gasteiger partial charge in [0.15, 0.2) is 5.15 Å². The summed E-state index contributed by atoms with van der Waals surface area (Å²) in [6, 6.07) is 7.61. The van der Waals surface area contributed by atoms with Crippen LogP contribution >= 0.6 is 11.6 Å². The molecule has 0 N–H and O–H groups in total. The van der Waals surface area contributed by atoms with Crippen molar-refractivity contribution < 1.29 is 17.9 Å². The average molecular weight is 289 g/mol. The summed E-state index contributed by atoms with van der Waals surface area (Å²) in [5.41, 5.74) is -0.185. The highest BCUT2D eigenvalue weighted by Gasteiger charge is 2.29. The lowest BCUT2D eigenvalue weighted by molar-refractivity contribution is -0.137. The first-order valence-electron chi connectivity index (χ1n) is 5.23. The van der Waals surface area contributed by atoms with Gasteiger partial charge in [-0.15, -0.1) is 5.10 Å². The van der Waals surface area contributed by atoms with Gasteiger partial charge in [-0.3, -0.25) is 0 Å². The Bertz CT molecular complexity index is 540. The number of halogens is 4. The number of ether oxygens (including phenoxy) is 1. The maximum absolute atomic E-state index is 12.3. The molecular formula is C12H8ClF3N2O. The summed E-state index contributed by atoms with van der Waals surface area (Å²) in [5, 5.41) is 7.65. The number of alkyl halides is 3. The minimum absolute atomic E-state index is 0.107. The Morgan fingerprint density at radius 1 is 1.00 bits per heavy atom. The van der Waals surface area contributed by atoms with Gasteiger partial charge in [-0.25, -0.2) is 0 Å². The first kappa shape index (κ1) is 13.6. The summed E-state index contributed by atoms with van der Waals surface area (Å²) < 4.78 is 42.3. The molecule has 0 fully saturated rings. The van der Waals surface area contributed by atoms with E-state index in [2.05, 4.69) is 10.2 Å². The van der Waals surface area contributed by atoms with Crippen molar-refractivity contribution in [2.24, 2.45) is 0 Å². The maximum atomic E-state index is 12.3. The van der Waals surface area contributed by atoms with Crippen LogP contribution in [0.25, 0.3) is 0 Å². The zero-order valence-corrected chi connectivity index (χ0v) is 10.2. The summed E-state index contributed by atoms with van der Waals surface area (Å²) >= 11 is 5.57. The zero-order chi connectivity index (χ0) is 13.9. The van der Waals surface area contributed by atoms with E-state index in [-0.39, 0.29) is 11.8 Å². The van der Waals surface area contributed by atoms with Crippen LogP contribution < -0.4 is 4.74 Å². The van der Waals surface area contributed by atoms with Crippen LogP contribution in [0.1, 0.15) is 11.3 Å². The molecule has 19 heavy (non-hydrogen) atoms. The molecule has 0 bridgehead atoms. The molecule has 3 nitrogen and oxygen atoms in total. The van der Waals surface area contributed by atoms with Crippen molar-refractivity contribution in [3.63, 3.8) is 0 Å². The van der Waals surface area contributed by atoms with E-state index in [1.54, 1.807) is 12.1 Å². The van der Waals surface area contributed by atoms with Crippen molar-refractivity contribution in [2.45, 2.75) is 12.8 Å². The predicted molar refractivity (Wildman–Crippen MR) is 62.8 cm³/mol. The molecule has 0 radical (unpaired) electrons. The molecule has 0 aliphatic rings. The summed E-state index contributed by atoms with van der Waals surface area (Å²) in [6.45, 7) is 0.107. The molecule has 1 heterocycles. The smallest absolute Gasteiger partial charge is 0.416 e. The number of benzene rings is 1. The molecule has 2 aromatic rings. The van der Waals surface area contributed by atoms with Crippen LogP contribution in [0.2, 0.25) is 5.15 Å². The molecular weight excluding hydrogens is 281 g/mol. The Morgan fingerprint density at radius 3 is 2.21 bits per heavy atom. The van der Waals surface area contributed by atoms with E-state index in [4.69, 9.17) is 16.3 Å². The lowest BCUT2D eigenvalue weighted by Crippen LogP contribution is -2.04. The van der Waals surface area contributed by atoms with Crippen molar-refractivity contribution in [3.05, 3.63) is 52.8 Å². The number of hydrogen-bond acceptors (Lipinski definition) is 3. The van der Waals surface area contributed by atoms with Crippen LogP contribution in [0.5, 0.6) is 5.75 Å². The molecule has 0 aliphatic heterocycles. The Kier molecular flexibility index (Phi) is 3.90. The van der Waals surface area contributed by atoms with Crippen molar-refractivity contribution in [3.8, 4) is 5.75 Å². The van der Waals surface area contributed by atoms with Gasteiger partial charge in [-0.05, 0) is 36.4 Å². The quantitative estimate of drug-likeness (QED) is 0.863. The van der Waals surface area contributed by atoms with E-state index in [0.717, 1.165) is 12.1 Å². The van der Waals surface area contributed by atoms with Gasteiger partial charge in [0, 0.05) is 0 Å². The third-order valence-corrected chi connectivity index (χ3v) is 2.46. The molecule has 0 unspecified atom stereocenters. The van der Waals surface area contributed by atoms with E-state index >= 15 is 0 Å². The van der Waals surface area contributed by atoms with Crippen molar-refractivity contribution in [1.29, 1.82) is 0 Å². The highest BCUT2D eigenvalue weighted by atomic mass is 35.5. The average Bonchev–Trinajstić information content (AvgIpc) is 2.37. The first-order chi connectivity index (χ1) is 8.95. The van der Waals surface area contributed by atoms with Crippen molar-refractivity contribution in [1.82, 2.24) is 10.2 Å². The van der Waals surface area contributed by atoms with Gasteiger partial charge in [-0.2, -0.15) is 18.3 Å². The fourth-order valence-electron chi connectivity index (χ4n) is 1.32. The SMILES string of the molecule is FC(F)(F)c1ccc(OCc2ccc(Cl)nn2)cc1. The second-order valence-corrected chi connectivity index (χ2v) is 4.05. The minimum atomic E-state index is -4.35. The molecule has 0 saturated carbocycles. The number of aromatic nitrogens is 2. The molecule has 1 aromatic carbocycles. The van der Waals surface area contributed by atoms with E-state index in [1.807, 2.05) is 0 Å². The van der Waals surface area contributed by atoms with Gasteiger partial charge in [0.25, 0.3) is 0 Å². The van der Waals surface area contributed by atoms with Gasteiger partial charge >= 0.3 is 6.18 Å². The molecule has 0 aliphatic carbocycles. The van der Waals surface area contributed by atoms with Gasteiger partial charge in [0.2, 0.25) is 0 Å². The fourth-order valence-corrected chi connectivity index (χ4v) is 1.42. The van der Waals surface area contributed by atoms with E-state index in [9.17, 15) is 13.2 Å². The van der Waals surface area contributed by atoms with Gasteiger partial charge < -0.3 is 4.74 Å². The Balaban J connectivity index is 1.98. The Hall–Kier alpha value is -1.82. The summed E-state index contributed by atoms with van der Waals surface area (Å²) in [7, 11) is 0. The Morgan fingerprint density at radius 2 is 1.68 bits per heavy atom. The molecule has 0 atom stereocenters. The third kappa shape index (κ3) is 3.82. The molecule has 1 aromatic heterocycles. The van der Waals surface area contributed by atoms with Crippen LogP contribution in [-0.2, 0) is 12.8 Å². The predicted octanol–water partition coefficient (Wildman–Crippen LogP) is 3.73. The summed E-state index contributed by atoms with van der Waals surface area (Å²) in [5.74, 6) is 0.324. The van der Waals surface area contributed by atoms with Crippen LogP contribution in [0.4, 0.5) is 13.2 Å². The fraction of sp³-hybridized carbons (Fsp3) is 0.167. The molecule has 100 valence electrons. The largest absolute Gasteiger partial charge is 0.487 e. The lowest BCUT2D eigenvalue weighted by atomic mass is 10.2. The molecule has 0 saturated heterocycles. The Labute approximate surface area is 112 Å². The standard InChI is InChI=1S/C12H8ClF3N2O/c13-11-6-3-9(17-18-11)7-19-10-4-1-8(2-5-10)12(14,15)16/h1-6H,7H2. The molecule has 7 heteroatoms. The summed E-state index contributed by atoms with van der Waals surface area (Å²) in [4.78, 5) is 0. The van der Waals surface area contributed by atoms with Gasteiger partial charge in [0.1, 0.15) is 18.1 Å². The second kappa shape index (κ2) is 5.44. The van der Waals surface area contributed by atoms with Crippen molar-refractivity contribution >= 4 is 11.6 Å². The molecule has 0 spiro atoms. The first-order valence-corrected chi connectivity index (χ1v) is 5.61. The van der Waals surface area contributed by atoms with Crippen LogP contribution in [0, 0.1) is 0 Å². The number of rotatable bonds is 3. The van der Waals surface area contributed by atoms with E-state index in [0.29, 0.717) is 11.4 Å². The second-order valence-electron chi connectivity index (χ2n) is 3.66. The van der Waals surface area contributed by atoms with Crippen molar-refractivity contribution in [2.75, 3.05) is 0 Å². The van der Waals surface area contributed by atoms with E-state index < -0.39 is 11.7 Å². The van der Waals surface area contributed by atoms with Crippen LogP contribution in [-0.4, -0.2) is 10.2 Å². The normalized spacial score (nSPS) is 11.4. The number of nitrogens with zero attached hydrogens (tertiary/aromatic N) is 2. The van der Waals surface area contributed by atoms with Crippen LogP contribution in [0.3, 0.4) is 0 Å². The van der Waals surface area contributed by atoms with E-state index in [1.165, 1.54) is 12.1 Å². The van der Waals surface area contributed by atoms with Gasteiger partial charge in [-0.1, -0.05) is 11.6 Å².